The van der Waals surface area contributed by atoms with Crippen molar-refractivity contribution >= 4 is 11.8 Å². The Hall–Kier alpha value is -2.93. The fourth-order valence-corrected chi connectivity index (χ4v) is 5.18. The third-order valence-corrected chi connectivity index (χ3v) is 6.86. The third kappa shape index (κ3) is 3.19. The summed E-state index contributed by atoms with van der Waals surface area (Å²) in [7, 11) is 1.74. The molecule has 7 heteroatoms. The summed E-state index contributed by atoms with van der Waals surface area (Å²) in [5.41, 5.74) is 3.52. The van der Waals surface area contributed by atoms with Crippen molar-refractivity contribution in [3.8, 4) is 0 Å². The van der Waals surface area contributed by atoms with Crippen molar-refractivity contribution in [2.45, 2.75) is 45.6 Å². The largest absolute Gasteiger partial charge is 0.361 e. The van der Waals surface area contributed by atoms with E-state index in [1.807, 2.05) is 30.0 Å². The summed E-state index contributed by atoms with van der Waals surface area (Å²) in [5, 5.41) is 3.98. The summed E-state index contributed by atoms with van der Waals surface area (Å²) in [4.78, 5) is 30.3. The minimum absolute atomic E-state index is 0.00545. The molecule has 5 rings (SSSR count). The number of aromatic nitrogens is 1. The van der Waals surface area contributed by atoms with Gasteiger partial charge >= 0.3 is 0 Å². The molecule has 1 spiro atoms. The van der Waals surface area contributed by atoms with E-state index in [4.69, 9.17) is 9.26 Å². The second-order valence-electron chi connectivity index (χ2n) is 9.14. The number of ether oxygens (including phenoxy) is 1. The van der Waals surface area contributed by atoms with Crippen LogP contribution < -0.4 is 0 Å². The van der Waals surface area contributed by atoms with Gasteiger partial charge in [0.25, 0.3) is 0 Å². The van der Waals surface area contributed by atoms with E-state index in [9.17, 15) is 9.59 Å². The Morgan fingerprint density at radius 3 is 2.77 bits per heavy atom. The van der Waals surface area contributed by atoms with Gasteiger partial charge in [-0.05, 0) is 37.5 Å². The van der Waals surface area contributed by atoms with Gasteiger partial charge in [-0.15, -0.1) is 0 Å². The highest BCUT2D eigenvalue weighted by atomic mass is 16.5. The van der Waals surface area contributed by atoms with Crippen LogP contribution in [-0.4, -0.2) is 52.1 Å². The number of hydrogen-bond donors (Lipinski definition) is 0. The first-order valence-corrected chi connectivity index (χ1v) is 10.7. The van der Waals surface area contributed by atoms with E-state index in [-0.39, 0.29) is 17.9 Å². The van der Waals surface area contributed by atoms with Gasteiger partial charge in [-0.1, -0.05) is 35.5 Å². The lowest BCUT2D eigenvalue weighted by Crippen LogP contribution is -2.44. The molecule has 31 heavy (non-hydrogen) atoms. The zero-order chi connectivity index (χ0) is 21.9. The summed E-state index contributed by atoms with van der Waals surface area (Å²) in [5.74, 6) is -0.394. The highest BCUT2D eigenvalue weighted by Gasteiger charge is 2.67. The lowest BCUT2D eigenvalue weighted by molar-refractivity contribution is -0.143. The van der Waals surface area contributed by atoms with Gasteiger partial charge in [0, 0.05) is 19.7 Å². The van der Waals surface area contributed by atoms with E-state index >= 15 is 0 Å². The van der Waals surface area contributed by atoms with Crippen LogP contribution in [0.4, 0.5) is 0 Å². The zero-order valence-corrected chi connectivity index (χ0v) is 18.3. The normalized spacial score (nSPS) is 28.5. The van der Waals surface area contributed by atoms with Crippen LogP contribution in [0.25, 0.3) is 0 Å². The Kier molecular flexibility index (Phi) is 4.55. The Balaban J connectivity index is 1.35. The fraction of sp³-hybridized carbons (Fsp3) is 0.458. The van der Waals surface area contributed by atoms with E-state index in [1.165, 1.54) is 11.1 Å². The van der Waals surface area contributed by atoms with Crippen molar-refractivity contribution in [1.29, 1.82) is 0 Å². The summed E-state index contributed by atoms with van der Waals surface area (Å²) >= 11 is 0. The van der Waals surface area contributed by atoms with E-state index in [1.54, 1.807) is 11.9 Å². The predicted octanol–water partition coefficient (Wildman–Crippen LogP) is 2.54. The van der Waals surface area contributed by atoms with Crippen LogP contribution in [0.15, 0.2) is 40.9 Å². The van der Waals surface area contributed by atoms with E-state index in [2.05, 4.69) is 37.2 Å². The van der Waals surface area contributed by atoms with Crippen LogP contribution in [0.3, 0.4) is 0 Å². The second-order valence-corrected chi connectivity index (χ2v) is 9.14. The Bertz CT molecular complexity index is 1090. The molecule has 7 nitrogen and oxygen atoms in total. The second kappa shape index (κ2) is 7.05. The molecule has 162 valence electrons. The first kappa shape index (κ1) is 20.0. The monoisotopic (exact) mass is 421 g/mol. The van der Waals surface area contributed by atoms with Crippen LogP contribution in [0.2, 0.25) is 0 Å². The number of nitrogens with zero attached hydrogens (tertiary/aromatic N) is 3. The van der Waals surface area contributed by atoms with Gasteiger partial charge < -0.3 is 19.1 Å². The SMILES string of the molecule is Cc1cc(CN(C)C(=O)[C@@H]2[C@@H]3C=C[C@@]4(CN(Cc5ccc(C)c(C)c5)C(=O)[C@H]24)O3)no1. The Morgan fingerprint density at radius 1 is 1.26 bits per heavy atom. The van der Waals surface area contributed by atoms with Crippen LogP contribution in [0.1, 0.15) is 28.1 Å². The fourth-order valence-electron chi connectivity index (χ4n) is 5.18. The zero-order valence-electron chi connectivity index (χ0n) is 18.3. The van der Waals surface area contributed by atoms with Gasteiger partial charge in [0.2, 0.25) is 11.8 Å². The molecule has 4 heterocycles. The average molecular weight is 421 g/mol. The van der Waals surface area contributed by atoms with Gasteiger partial charge in [0.15, 0.2) is 0 Å². The van der Waals surface area contributed by atoms with Crippen LogP contribution in [0.5, 0.6) is 0 Å². The average Bonchev–Trinajstić information content (AvgIpc) is 3.46. The molecule has 0 aliphatic carbocycles. The van der Waals surface area contributed by atoms with Crippen LogP contribution in [0, 0.1) is 32.6 Å². The predicted molar refractivity (Wildman–Crippen MR) is 113 cm³/mol. The third-order valence-electron chi connectivity index (χ3n) is 6.86. The van der Waals surface area contributed by atoms with E-state index < -0.39 is 17.4 Å². The van der Waals surface area contributed by atoms with E-state index in [0.717, 1.165) is 5.56 Å². The molecule has 2 bridgehead atoms. The van der Waals surface area contributed by atoms with Crippen LogP contribution in [-0.2, 0) is 27.4 Å². The number of amides is 2. The molecular weight excluding hydrogens is 394 g/mol. The highest BCUT2D eigenvalue weighted by Crippen LogP contribution is 2.52. The molecule has 3 aliphatic heterocycles. The van der Waals surface area contributed by atoms with Crippen molar-refractivity contribution in [2.24, 2.45) is 11.8 Å². The van der Waals surface area contributed by atoms with Crippen molar-refractivity contribution in [1.82, 2.24) is 15.0 Å². The summed E-state index contributed by atoms with van der Waals surface area (Å²) < 4.78 is 11.4. The lowest BCUT2D eigenvalue weighted by Gasteiger charge is -2.27. The number of hydrogen-bond acceptors (Lipinski definition) is 5. The van der Waals surface area contributed by atoms with Crippen molar-refractivity contribution in [3.63, 3.8) is 0 Å². The van der Waals surface area contributed by atoms with Crippen molar-refractivity contribution < 1.29 is 18.8 Å². The van der Waals surface area contributed by atoms with Gasteiger partial charge in [-0.3, -0.25) is 9.59 Å². The molecule has 1 aromatic carbocycles. The minimum Gasteiger partial charge on any atom is -0.361 e. The number of aryl methyl sites for hydroxylation is 3. The molecule has 2 amide bonds. The van der Waals surface area contributed by atoms with Gasteiger partial charge in [-0.2, -0.15) is 0 Å². The Labute approximate surface area is 181 Å². The standard InChI is InChI=1S/C24H27N3O4/c1-14-5-6-17(9-15(14)2)11-27-13-24-8-7-19(30-24)20(21(24)23(27)29)22(28)26(4)12-18-10-16(3)31-25-18/h5-10,19-21H,11-13H2,1-4H3/t19-,20+,21-,24-/m0/s1. The lowest BCUT2D eigenvalue weighted by atomic mass is 9.76. The van der Waals surface area contributed by atoms with Crippen molar-refractivity contribution in [2.75, 3.05) is 13.6 Å². The molecule has 2 aromatic rings. The molecule has 0 unspecified atom stereocenters. The summed E-state index contributed by atoms with van der Waals surface area (Å²) in [6, 6.07) is 8.08. The number of rotatable bonds is 5. The number of carbonyl (C=O) groups is 2. The number of carbonyl (C=O) groups excluding carboxylic acids is 2. The molecule has 0 N–H and O–H groups in total. The van der Waals surface area contributed by atoms with Crippen molar-refractivity contribution in [3.05, 3.63) is 64.6 Å². The maximum absolute atomic E-state index is 13.4. The molecule has 0 saturated carbocycles. The molecule has 1 aromatic heterocycles. The first-order valence-electron chi connectivity index (χ1n) is 10.7. The maximum atomic E-state index is 13.4. The quantitative estimate of drug-likeness (QED) is 0.694. The molecule has 0 radical (unpaired) electrons. The van der Waals surface area contributed by atoms with E-state index in [0.29, 0.717) is 31.1 Å². The smallest absolute Gasteiger partial charge is 0.230 e. The van der Waals surface area contributed by atoms with Crippen LogP contribution >= 0.6 is 0 Å². The maximum Gasteiger partial charge on any atom is 0.230 e. The molecule has 2 fully saturated rings. The Morgan fingerprint density at radius 2 is 2.06 bits per heavy atom. The minimum atomic E-state index is -0.701. The molecule has 4 atom stereocenters. The number of likely N-dealkylation sites (tertiary alicyclic amines) is 1. The molecule has 3 aliphatic rings. The van der Waals surface area contributed by atoms with Gasteiger partial charge in [0.05, 0.1) is 31.0 Å². The molecule has 2 saturated heterocycles. The highest BCUT2D eigenvalue weighted by molar-refractivity contribution is 5.93. The number of benzene rings is 1. The summed E-state index contributed by atoms with van der Waals surface area (Å²) in [6.07, 6.45) is 3.58. The number of fused-ring (bicyclic) bond motifs is 1. The first-order chi connectivity index (χ1) is 14.8. The molecular formula is C24H27N3O4. The topological polar surface area (TPSA) is 75.9 Å². The summed E-state index contributed by atoms with van der Waals surface area (Å²) in [6.45, 7) is 7.31. The van der Waals surface area contributed by atoms with Gasteiger partial charge in [0.1, 0.15) is 17.1 Å². The van der Waals surface area contributed by atoms with Gasteiger partial charge in [-0.25, -0.2) is 0 Å².